The lowest BCUT2D eigenvalue weighted by molar-refractivity contribution is -0.137. The Kier molecular flexibility index (Phi) is 6.85. The summed E-state index contributed by atoms with van der Waals surface area (Å²) in [5, 5.41) is 0. The summed E-state index contributed by atoms with van der Waals surface area (Å²) in [7, 11) is -4.03. The highest BCUT2D eigenvalue weighted by Crippen LogP contribution is 2.31. The molecule has 0 atom stereocenters. The van der Waals surface area contributed by atoms with Crippen LogP contribution in [0.15, 0.2) is 29.2 Å². The van der Waals surface area contributed by atoms with Gasteiger partial charge in [0.25, 0.3) is 0 Å². The molecule has 1 aromatic carbocycles. The minimum atomic E-state index is -4.61. The fourth-order valence-electron chi connectivity index (χ4n) is 3.78. The van der Waals surface area contributed by atoms with Gasteiger partial charge in [-0.15, -0.1) is 0 Å². The van der Waals surface area contributed by atoms with Gasteiger partial charge in [0.05, 0.1) is 10.5 Å². The van der Waals surface area contributed by atoms with Crippen molar-refractivity contribution in [3.63, 3.8) is 0 Å². The molecule has 10 heteroatoms. The molecule has 0 aliphatic carbocycles. The molecule has 0 radical (unpaired) electrons. The summed E-state index contributed by atoms with van der Waals surface area (Å²) in [6.07, 6.45) is -0.989. The third-order valence-electron chi connectivity index (χ3n) is 5.45. The fraction of sp³-hybridized carbons (Fsp3) is 0.632. The minimum Gasteiger partial charge on any atom is -0.340 e. The summed E-state index contributed by atoms with van der Waals surface area (Å²) < 4.78 is 65.2. The van der Waals surface area contributed by atoms with E-state index in [1.54, 1.807) is 4.90 Å². The number of likely N-dealkylation sites (tertiary alicyclic amines) is 1. The molecule has 2 saturated heterocycles. The number of rotatable bonds is 6. The fourth-order valence-corrected chi connectivity index (χ4v) is 5.25. The normalized spacial score (nSPS) is 19.6. The Morgan fingerprint density at radius 1 is 1.00 bits per heavy atom. The first-order valence-electron chi connectivity index (χ1n) is 9.85. The molecule has 6 nitrogen and oxygen atoms in total. The number of nitrogens with zero attached hydrogens (tertiary/aromatic N) is 3. The highest BCUT2D eigenvalue weighted by Gasteiger charge is 2.34. The monoisotopic (exact) mass is 433 g/mol. The van der Waals surface area contributed by atoms with E-state index in [-0.39, 0.29) is 37.0 Å². The predicted molar refractivity (Wildman–Crippen MR) is 102 cm³/mol. The molecule has 0 bridgehead atoms. The molecule has 2 fully saturated rings. The van der Waals surface area contributed by atoms with Gasteiger partial charge in [-0.1, -0.05) is 6.07 Å². The van der Waals surface area contributed by atoms with Gasteiger partial charge in [0.2, 0.25) is 15.9 Å². The summed E-state index contributed by atoms with van der Waals surface area (Å²) in [5.41, 5.74) is -0.995. The maximum atomic E-state index is 12.9. The second-order valence-corrected chi connectivity index (χ2v) is 9.40. The molecular weight excluding hydrogens is 407 g/mol. The van der Waals surface area contributed by atoms with E-state index in [9.17, 15) is 26.4 Å². The quantitative estimate of drug-likeness (QED) is 0.691. The number of amides is 1. The van der Waals surface area contributed by atoms with E-state index in [0.29, 0.717) is 12.5 Å². The number of hydrogen-bond donors (Lipinski definition) is 0. The van der Waals surface area contributed by atoms with Gasteiger partial charge in [0.15, 0.2) is 0 Å². The van der Waals surface area contributed by atoms with E-state index in [4.69, 9.17) is 0 Å². The SMILES string of the molecule is O=C(CCCN1CCCC1)N1CCN(S(=O)(=O)c2cccc(C(F)(F)F)c2)CC1. The van der Waals surface area contributed by atoms with Crippen molar-refractivity contribution < 1.29 is 26.4 Å². The number of alkyl halides is 3. The Labute approximate surface area is 169 Å². The highest BCUT2D eigenvalue weighted by molar-refractivity contribution is 7.89. The van der Waals surface area contributed by atoms with Crippen molar-refractivity contribution in [1.82, 2.24) is 14.1 Å². The standard InChI is InChI=1S/C19H26F3N3O3S/c20-19(21,22)16-5-3-6-17(15-16)29(27,28)25-13-11-24(12-14-25)18(26)7-4-10-23-8-1-2-9-23/h3,5-6,15H,1-2,4,7-14H2. The largest absolute Gasteiger partial charge is 0.416 e. The number of piperazine rings is 1. The predicted octanol–water partition coefficient (Wildman–Crippen LogP) is 2.41. The molecule has 29 heavy (non-hydrogen) atoms. The van der Waals surface area contributed by atoms with Crippen LogP contribution in [-0.4, -0.2) is 74.2 Å². The van der Waals surface area contributed by atoms with Crippen LogP contribution in [0.4, 0.5) is 13.2 Å². The Hall–Kier alpha value is -1.65. The molecule has 2 aliphatic rings. The first-order chi connectivity index (χ1) is 13.7. The number of carbonyl (C=O) groups excluding carboxylic acids is 1. The van der Waals surface area contributed by atoms with Crippen molar-refractivity contribution in [3.05, 3.63) is 29.8 Å². The Bertz CT molecular complexity index is 815. The van der Waals surface area contributed by atoms with E-state index in [0.717, 1.165) is 42.5 Å². The number of benzene rings is 1. The van der Waals surface area contributed by atoms with Crippen LogP contribution < -0.4 is 0 Å². The maximum Gasteiger partial charge on any atom is 0.416 e. The average molecular weight is 433 g/mol. The van der Waals surface area contributed by atoms with E-state index < -0.39 is 21.8 Å². The zero-order valence-electron chi connectivity index (χ0n) is 16.2. The van der Waals surface area contributed by atoms with Crippen molar-refractivity contribution in [3.8, 4) is 0 Å². The summed E-state index contributed by atoms with van der Waals surface area (Å²) >= 11 is 0. The van der Waals surface area contributed by atoms with Crippen LogP contribution in [0.2, 0.25) is 0 Å². The zero-order valence-corrected chi connectivity index (χ0v) is 17.0. The number of sulfonamides is 1. The van der Waals surface area contributed by atoms with E-state index in [1.807, 2.05) is 0 Å². The van der Waals surface area contributed by atoms with Gasteiger partial charge in [0, 0.05) is 32.6 Å². The van der Waals surface area contributed by atoms with E-state index in [2.05, 4.69) is 4.90 Å². The first-order valence-corrected chi connectivity index (χ1v) is 11.3. The Morgan fingerprint density at radius 2 is 1.66 bits per heavy atom. The van der Waals surface area contributed by atoms with E-state index >= 15 is 0 Å². The molecule has 0 N–H and O–H groups in total. The molecule has 162 valence electrons. The smallest absolute Gasteiger partial charge is 0.340 e. The topological polar surface area (TPSA) is 60.9 Å². The van der Waals surface area contributed by atoms with E-state index in [1.165, 1.54) is 18.9 Å². The van der Waals surface area contributed by atoms with Gasteiger partial charge in [-0.05, 0) is 57.1 Å². The molecule has 1 aromatic rings. The molecule has 0 aromatic heterocycles. The second kappa shape index (κ2) is 9.01. The molecule has 1 amide bonds. The van der Waals surface area contributed by atoms with Crippen LogP contribution in [0.1, 0.15) is 31.2 Å². The van der Waals surface area contributed by atoms with Crippen molar-refractivity contribution in [2.75, 3.05) is 45.8 Å². The van der Waals surface area contributed by atoms with Crippen LogP contribution >= 0.6 is 0 Å². The van der Waals surface area contributed by atoms with Gasteiger partial charge in [0.1, 0.15) is 0 Å². The Morgan fingerprint density at radius 3 is 2.28 bits per heavy atom. The summed E-state index contributed by atoms with van der Waals surface area (Å²) in [4.78, 5) is 16.0. The van der Waals surface area contributed by atoms with Gasteiger partial charge in [-0.25, -0.2) is 8.42 Å². The third kappa shape index (κ3) is 5.49. The van der Waals surface area contributed by atoms with Gasteiger partial charge < -0.3 is 9.80 Å². The van der Waals surface area contributed by atoms with Gasteiger partial charge in [-0.3, -0.25) is 4.79 Å². The van der Waals surface area contributed by atoms with Crippen molar-refractivity contribution in [1.29, 1.82) is 0 Å². The first kappa shape index (κ1) is 22.0. The number of hydrogen-bond acceptors (Lipinski definition) is 4. The summed E-state index contributed by atoms with van der Waals surface area (Å²) in [5.74, 6) is 0.000290. The molecule has 0 saturated carbocycles. The molecule has 2 aliphatic heterocycles. The lowest BCUT2D eigenvalue weighted by atomic mass is 10.2. The minimum absolute atomic E-state index is 0.000290. The number of carbonyl (C=O) groups is 1. The number of halogens is 3. The lowest BCUT2D eigenvalue weighted by Gasteiger charge is -2.34. The van der Waals surface area contributed by atoms with Crippen LogP contribution in [0.3, 0.4) is 0 Å². The van der Waals surface area contributed by atoms with Crippen LogP contribution in [0, 0.1) is 0 Å². The summed E-state index contributed by atoms with van der Waals surface area (Å²) in [6, 6.07) is 3.76. The lowest BCUT2D eigenvalue weighted by Crippen LogP contribution is -2.50. The average Bonchev–Trinajstić information content (AvgIpc) is 3.21. The van der Waals surface area contributed by atoms with Crippen LogP contribution in [0.5, 0.6) is 0 Å². The molecular formula is C19H26F3N3O3S. The maximum absolute atomic E-state index is 12.9. The zero-order chi connectivity index (χ0) is 21.1. The Balaban J connectivity index is 1.53. The van der Waals surface area contributed by atoms with Crippen LogP contribution in [-0.2, 0) is 21.0 Å². The molecule has 0 unspecified atom stereocenters. The second-order valence-electron chi connectivity index (χ2n) is 7.46. The molecule has 2 heterocycles. The third-order valence-corrected chi connectivity index (χ3v) is 7.35. The highest BCUT2D eigenvalue weighted by atomic mass is 32.2. The van der Waals surface area contributed by atoms with Crippen molar-refractivity contribution in [2.24, 2.45) is 0 Å². The summed E-state index contributed by atoms with van der Waals surface area (Å²) in [6.45, 7) is 3.73. The van der Waals surface area contributed by atoms with Crippen molar-refractivity contribution >= 4 is 15.9 Å². The molecule has 3 rings (SSSR count). The van der Waals surface area contributed by atoms with Crippen molar-refractivity contribution in [2.45, 2.75) is 36.8 Å². The van der Waals surface area contributed by atoms with Gasteiger partial charge >= 0.3 is 6.18 Å². The van der Waals surface area contributed by atoms with Crippen LogP contribution in [0.25, 0.3) is 0 Å². The van der Waals surface area contributed by atoms with Gasteiger partial charge in [-0.2, -0.15) is 17.5 Å². The molecule has 0 spiro atoms.